The van der Waals surface area contributed by atoms with Crippen molar-refractivity contribution in [2.24, 2.45) is 0 Å². The molecule has 2 heterocycles. The molecule has 0 aromatic carbocycles. The summed E-state index contributed by atoms with van der Waals surface area (Å²) in [5.41, 5.74) is -1.97. The van der Waals surface area contributed by atoms with E-state index in [4.69, 9.17) is 0 Å². The smallest absolute Gasteiger partial charge is 0.291 e. The van der Waals surface area contributed by atoms with E-state index in [2.05, 4.69) is 9.97 Å². The fourth-order valence-corrected chi connectivity index (χ4v) is 2.39. The third kappa shape index (κ3) is 1.74. The molecule has 6 nitrogen and oxygen atoms in total. The number of aromatic amines is 1. The first-order valence-corrected chi connectivity index (χ1v) is 6.88. The largest absolute Gasteiger partial charge is 0.494 e. The summed E-state index contributed by atoms with van der Waals surface area (Å²) in [6, 6.07) is -0.231. The summed E-state index contributed by atoms with van der Waals surface area (Å²) in [7, 11) is 0. The van der Waals surface area contributed by atoms with Crippen LogP contribution in [0.5, 0.6) is 5.88 Å². The maximum Gasteiger partial charge on any atom is 0.291 e. The molecule has 0 saturated heterocycles. The minimum absolute atomic E-state index is 0.194. The number of nitrogens with one attached hydrogen (secondary N) is 1. The van der Waals surface area contributed by atoms with Crippen LogP contribution >= 0.6 is 11.8 Å². The maximum atomic E-state index is 14.1. The highest BCUT2D eigenvalue weighted by molar-refractivity contribution is 7.98. The Kier molecular flexibility index (Phi) is 2.63. The van der Waals surface area contributed by atoms with Crippen molar-refractivity contribution in [1.29, 1.82) is 0 Å². The van der Waals surface area contributed by atoms with Crippen molar-refractivity contribution in [3.8, 4) is 5.88 Å². The molecule has 0 aliphatic heterocycles. The molecule has 0 amide bonds. The standard InChI is InChI=1S/C11H10FN3O3S/c1-19-11-13-7-5(8(16)14-11)9(17)15(4-2-3-4)10(18)6(7)12/h4,17H,2-3H2,1H3,(H,13,14,16). The molecule has 3 rings (SSSR count). The molecule has 0 bridgehead atoms. The number of fused-ring (bicyclic) bond motifs is 1. The summed E-state index contributed by atoms with van der Waals surface area (Å²) in [5.74, 6) is -1.61. The third-order valence-corrected chi connectivity index (χ3v) is 3.65. The molecule has 0 atom stereocenters. The van der Waals surface area contributed by atoms with Gasteiger partial charge in [-0.1, -0.05) is 11.8 Å². The van der Waals surface area contributed by atoms with Crippen LogP contribution in [0.4, 0.5) is 4.39 Å². The Balaban J connectivity index is 2.50. The first-order chi connectivity index (χ1) is 9.04. The Hall–Kier alpha value is -1.83. The monoisotopic (exact) mass is 283 g/mol. The van der Waals surface area contributed by atoms with Crippen LogP contribution in [0.15, 0.2) is 14.7 Å². The van der Waals surface area contributed by atoms with Crippen LogP contribution in [0.25, 0.3) is 10.9 Å². The molecule has 1 saturated carbocycles. The van der Waals surface area contributed by atoms with Gasteiger partial charge in [0.1, 0.15) is 10.9 Å². The Morgan fingerprint density at radius 1 is 1.47 bits per heavy atom. The number of thioether (sulfide) groups is 1. The number of hydrogen-bond acceptors (Lipinski definition) is 5. The van der Waals surface area contributed by atoms with Gasteiger partial charge in [0.25, 0.3) is 11.1 Å². The zero-order valence-electron chi connectivity index (χ0n) is 9.94. The highest BCUT2D eigenvalue weighted by Crippen LogP contribution is 2.37. The number of pyridine rings is 1. The average Bonchev–Trinajstić information content (AvgIpc) is 3.19. The van der Waals surface area contributed by atoms with Crippen LogP contribution in [0.2, 0.25) is 0 Å². The zero-order valence-corrected chi connectivity index (χ0v) is 10.8. The Morgan fingerprint density at radius 2 is 2.16 bits per heavy atom. The lowest BCUT2D eigenvalue weighted by atomic mass is 10.2. The summed E-state index contributed by atoms with van der Waals surface area (Å²) in [6.45, 7) is 0. The topological polar surface area (TPSA) is 88.0 Å². The van der Waals surface area contributed by atoms with E-state index in [9.17, 15) is 19.1 Å². The first kappa shape index (κ1) is 12.2. The Bertz CT molecular complexity index is 794. The second kappa shape index (κ2) is 4.09. The number of nitrogens with zero attached hydrogens (tertiary/aromatic N) is 2. The number of aromatic nitrogens is 3. The lowest BCUT2D eigenvalue weighted by molar-refractivity contribution is 0.407. The number of aromatic hydroxyl groups is 1. The normalized spacial score (nSPS) is 15.1. The molecule has 8 heteroatoms. The highest BCUT2D eigenvalue weighted by Gasteiger charge is 2.31. The summed E-state index contributed by atoms with van der Waals surface area (Å²) < 4.78 is 15.0. The van der Waals surface area contributed by atoms with Crippen molar-refractivity contribution in [1.82, 2.24) is 14.5 Å². The van der Waals surface area contributed by atoms with Crippen LogP contribution < -0.4 is 11.1 Å². The van der Waals surface area contributed by atoms with E-state index < -0.39 is 22.8 Å². The van der Waals surface area contributed by atoms with E-state index in [1.54, 1.807) is 6.26 Å². The van der Waals surface area contributed by atoms with Gasteiger partial charge in [-0.05, 0) is 19.1 Å². The molecule has 2 aromatic rings. The van der Waals surface area contributed by atoms with Crippen LogP contribution in [0, 0.1) is 5.82 Å². The van der Waals surface area contributed by atoms with Gasteiger partial charge in [0.2, 0.25) is 11.7 Å². The first-order valence-electron chi connectivity index (χ1n) is 5.65. The summed E-state index contributed by atoms with van der Waals surface area (Å²) in [4.78, 5) is 30.0. The van der Waals surface area contributed by atoms with Gasteiger partial charge in [-0.25, -0.2) is 4.98 Å². The van der Waals surface area contributed by atoms with Gasteiger partial charge in [0, 0.05) is 6.04 Å². The molecule has 0 unspecified atom stereocenters. The molecule has 1 fully saturated rings. The van der Waals surface area contributed by atoms with Gasteiger partial charge in [0.05, 0.1) is 0 Å². The van der Waals surface area contributed by atoms with Crippen LogP contribution in [0.1, 0.15) is 18.9 Å². The van der Waals surface area contributed by atoms with Gasteiger partial charge in [-0.15, -0.1) is 0 Å². The van der Waals surface area contributed by atoms with E-state index in [1.807, 2.05) is 0 Å². The molecule has 2 N–H and O–H groups in total. The molecular formula is C11H10FN3O3S. The number of H-pyrrole nitrogens is 1. The van der Waals surface area contributed by atoms with Crippen molar-refractivity contribution in [2.75, 3.05) is 6.26 Å². The fraction of sp³-hybridized carbons (Fsp3) is 0.364. The summed E-state index contributed by atoms with van der Waals surface area (Å²) in [5, 5.41) is 9.96. The molecule has 2 aromatic heterocycles. The molecule has 19 heavy (non-hydrogen) atoms. The predicted molar refractivity (Wildman–Crippen MR) is 68.3 cm³/mol. The Labute approximate surface area is 110 Å². The van der Waals surface area contributed by atoms with E-state index in [1.165, 1.54) is 0 Å². The van der Waals surface area contributed by atoms with E-state index >= 15 is 0 Å². The van der Waals surface area contributed by atoms with Gasteiger partial charge < -0.3 is 10.1 Å². The molecule has 0 radical (unpaired) electrons. The van der Waals surface area contributed by atoms with Gasteiger partial charge in [0.15, 0.2) is 5.16 Å². The minimum Gasteiger partial charge on any atom is -0.494 e. The van der Waals surface area contributed by atoms with Crippen LogP contribution in [-0.4, -0.2) is 25.9 Å². The lowest BCUT2D eigenvalue weighted by Gasteiger charge is -2.10. The quantitative estimate of drug-likeness (QED) is 0.634. The number of halogens is 1. The number of hydrogen-bond donors (Lipinski definition) is 2. The molecule has 1 aliphatic carbocycles. The molecule has 0 spiro atoms. The maximum absolute atomic E-state index is 14.1. The van der Waals surface area contributed by atoms with Crippen LogP contribution in [-0.2, 0) is 0 Å². The minimum atomic E-state index is -1.10. The number of rotatable bonds is 2. The summed E-state index contributed by atoms with van der Waals surface area (Å²) >= 11 is 1.12. The van der Waals surface area contributed by atoms with Crippen molar-refractivity contribution in [3.63, 3.8) is 0 Å². The summed E-state index contributed by atoms with van der Waals surface area (Å²) in [6.07, 6.45) is 3.03. The van der Waals surface area contributed by atoms with E-state index in [0.29, 0.717) is 12.8 Å². The lowest BCUT2D eigenvalue weighted by Crippen LogP contribution is -2.25. The highest BCUT2D eigenvalue weighted by atomic mass is 32.2. The third-order valence-electron chi connectivity index (χ3n) is 3.07. The Morgan fingerprint density at radius 3 is 2.74 bits per heavy atom. The zero-order chi connectivity index (χ0) is 13.7. The van der Waals surface area contributed by atoms with Crippen molar-refractivity contribution >= 4 is 22.7 Å². The van der Waals surface area contributed by atoms with Crippen LogP contribution in [0.3, 0.4) is 0 Å². The average molecular weight is 283 g/mol. The van der Waals surface area contributed by atoms with Gasteiger partial charge in [-0.3, -0.25) is 14.2 Å². The SMILES string of the molecule is CSc1nc2c(F)c(=O)n(C3CC3)c(O)c2c(=O)[nH]1. The molecule has 1 aliphatic rings. The van der Waals surface area contributed by atoms with Gasteiger partial charge in [-0.2, -0.15) is 4.39 Å². The van der Waals surface area contributed by atoms with Gasteiger partial charge >= 0.3 is 0 Å². The van der Waals surface area contributed by atoms with E-state index in [0.717, 1.165) is 16.3 Å². The molecular weight excluding hydrogens is 273 g/mol. The second-order valence-corrected chi connectivity index (χ2v) is 5.14. The fourth-order valence-electron chi connectivity index (χ4n) is 2.01. The second-order valence-electron chi connectivity index (χ2n) is 4.34. The van der Waals surface area contributed by atoms with Crippen molar-refractivity contribution in [3.05, 3.63) is 26.5 Å². The molecule has 100 valence electrons. The van der Waals surface area contributed by atoms with Crippen molar-refractivity contribution in [2.45, 2.75) is 24.0 Å². The van der Waals surface area contributed by atoms with E-state index in [-0.39, 0.29) is 22.1 Å². The van der Waals surface area contributed by atoms with Crippen molar-refractivity contribution < 1.29 is 9.50 Å². The predicted octanol–water partition coefficient (Wildman–Crippen LogP) is 0.986.